The predicted molar refractivity (Wildman–Crippen MR) is 66.0 cm³/mol. The van der Waals surface area contributed by atoms with E-state index in [1.54, 1.807) is 0 Å². The molecule has 0 unspecified atom stereocenters. The highest BCUT2D eigenvalue weighted by atomic mass is 35.5. The van der Waals surface area contributed by atoms with Gasteiger partial charge in [0.15, 0.2) is 0 Å². The normalized spacial score (nSPS) is 10.6. The van der Waals surface area contributed by atoms with Crippen molar-refractivity contribution in [3.8, 4) is 5.69 Å². The van der Waals surface area contributed by atoms with Crippen LogP contribution in [0.15, 0.2) is 30.5 Å². The van der Waals surface area contributed by atoms with Gasteiger partial charge in [0.1, 0.15) is 0 Å². The second-order valence-corrected chi connectivity index (χ2v) is 4.00. The molecule has 0 radical (unpaired) electrons. The lowest BCUT2D eigenvalue weighted by Gasteiger charge is -2.06. The first-order valence-corrected chi connectivity index (χ1v) is 5.64. The Kier molecular flexibility index (Phi) is 3.03. The Morgan fingerprint density at radius 3 is 2.73 bits per heavy atom. The molecule has 0 N–H and O–H groups in total. The molecular formula is C11H11ClN2S. The van der Waals surface area contributed by atoms with Crippen LogP contribution < -0.4 is 0 Å². The van der Waals surface area contributed by atoms with Crippen molar-refractivity contribution < 1.29 is 0 Å². The van der Waals surface area contributed by atoms with E-state index in [4.69, 9.17) is 11.6 Å². The van der Waals surface area contributed by atoms with Crippen LogP contribution in [0.4, 0.5) is 0 Å². The molecule has 1 heterocycles. The smallest absolute Gasteiger partial charge is 0.0834 e. The van der Waals surface area contributed by atoms with Crippen molar-refractivity contribution in [2.45, 2.75) is 12.7 Å². The lowest BCUT2D eigenvalue weighted by atomic mass is 10.3. The molecule has 0 saturated carbocycles. The molecular weight excluding hydrogens is 228 g/mol. The number of hydrogen-bond acceptors (Lipinski definition) is 2. The fourth-order valence-electron chi connectivity index (χ4n) is 1.47. The van der Waals surface area contributed by atoms with Gasteiger partial charge in [-0.3, -0.25) is 0 Å². The summed E-state index contributed by atoms with van der Waals surface area (Å²) in [5, 5.41) is 5.00. The van der Waals surface area contributed by atoms with Gasteiger partial charge in [0.2, 0.25) is 0 Å². The first-order valence-electron chi connectivity index (χ1n) is 4.63. The SMILES string of the molecule is Cc1c(CS)cnn1-c1ccccc1Cl. The number of thiol groups is 1. The van der Waals surface area contributed by atoms with E-state index in [0.29, 0.717) is 10.8 Å². The summed E-state index contributed by atoms with van der Waals surface area (Å²) in [6.45, 7) is 2.02. The summed E-state index contributed by atoms with van der Waals surface area (Å²) in [5.41, 5.74) is 3.11. The molecule has 0 aliphatic rings. The summed E-state index contributed by atoms with van der Waals surface area (Å²) in [4.78, 5) is 0. The topological polar surface area (TPSA) is 17.8 Å². The molecule has 1 aromatic heterocycles. The van der Waals surface area contributed by atoms with Crippen molar-refractivity contribution in [3.63, 3.8) is 0 Å². The van der Waals surface area contributed by atoms with Gasteiger partial charge in [0, 0.05) is 17.0 Å². The Balaban J connectivity index is 2.55. The highest BCUT2D eigenvalue weighted by molar-refractivity contribution is 7.79. The van der Waals surface area contributed by atoms with Gasteiger partial charge in [-0.1, -0.05) is 23.7 Å². The van der Waals surface area contributed by atoms with E-state index in [2.05, 4.69) is 17.7 Å². The Morgan fingerprint density at radius 1 is 1.40 bits per heavy atom. The van der Waals surface area contributed by atoms with Gasteiger partial charge in [-0.15, -0.1) is 0 Å². The lowest BCUT2D eigenvalue weighted by Crippen LogP contribution is -1.99. The van der Waals surface area contributed by atoms with Gasteiger partial charge in [-0.05, 0) is 19.1 Å². The lowest BCUT2D eigenvalue weighted by molar-refractivity contribution is 0.846. The van der Waals surface area contributed by atoms with Gasteiger partial charge in [0.05, 0.1) is 16.9 Å². The number of halogens is 1. The number of rotatable bonds is 2. The summed E-state index contributed by atoms with van der Waals surface area (Å²) >= 11 is 10.3. The van der Waals surface area contributed by atoms with Gasteiger partial charge < -0.3 is 0 Å². The molecule has 78 valence electrons. The van der Waals surface area contributed by atoms with Gasteiger partial charge in [-0.25, -0.2) is 4.68 Å². The molecule has 15 heavy (non-hydrogen) atoms. The van der Waals surface area contributed by atoms with E-state index in [9.17, 15) is 0 Å². The van der Waals surface area contributed by atoms with E-state index < -0.39 is 0 Å². The van der Waals surface area contributed by atoms with Crippen molar-refractivity contribution in [1.29, 1.82) is 0 Å². The van der Waals surface area contributed by atoms with Crippen LogP contribution >= 0.6 is 24.2 Å². The summed E-state index contributed by atoms with van der Waals surface area (Å²) in [6, 6.07) is 7.66. The van der Waals surface area contributed by atoms with Crippen LogP contribution in [-0.4, -0.2) is 9.78 Å². The maximum Gasteiger partial charge on any atom is 0.0834 e. The number of benzene rings is 1. The average molecular weight is 239 g/mol. The van der Waals surface area contributed by atoms with E-state index in [-0.39, 0.29) is 0 Å². The van der Waals surface area contributed by atoms with Gasteiger partial charge in [0.25, 0.3) is 0 Å². The van der Waals surface area contributed by atoms with Crippen molar-refractivity contribution in [2.75, 3.05) is 0 Å². The molecule has 4 heteroatoms. The largest absolute Gasteiger partial charge is 0.236 e. The molecule has 0 amide bonds. The zero-order chi connectivity index (χ0) is 10.8. The van der Waals surface area contributed by atoms with Crippen LogP contribution in [0.25, 0.3) is 5.69 Å². The zero-order valence-corrected chi connectivity index (χ0v) is 9.96. The van der Waals surface area contributed by atoms with Crippen molar-refractivity contribution in [3.05, 3.63) is 46.7 Å². The third kappa shape index (κ3) is 1.90. The summed E-state index contributed by atoms with van der Waals surface area (Å²) < 4.78 is 1.84. The van der Waals surface area contributed by atoms with E-state index in [1.165, 1.54) is 0 Å². The molecule has 0 bridgehead atoms. The van der Waals surface area contributed by atoms with Crippen LogP contribution in [0.3, 0.4) is 0 Å². The minimum absolute atomic E-state index is 0.691. The monoisotopic (exact) mass is 238 g/mol. The molecule has 2 rings (SSSR count). The first-order chi connectivity index (χ1) is 7.24. The Bertz CT molecular complexity index is 479. The van der Waals surface area contributed by atoms with Crippen LogP contribution in [0.1, 0.15) is 11.3 Å². The van der Waals surface area contributed by atoms with E-state index in [0.717, 1.165) is 16.9 Å². The number of para-hydroxylation sites is 1. The number of nitrogens with zero attached hydrogens (tertiary/aromatic N) is 2. The Morgan fingerprint density at radius 2 is 2.13 bits per heavy atom. The molecule has 0 saturated heterocycles. The minimum Gasteiger partial charge on any atom is -0.236 e. The van der Waals surface area contributed by atoms with Crippen molar-refractivity contribution in [1.82, 2.24) is 9.78 Å². The van der Waals surface area contributed by atoms with E-state index >= 15 is 0 Å². The van der Waals surface area contributed by atoms with Crippen LogP contribution in [0, 0.1) is 6.92 Å². The molecule has 0 spiro atoms. The molecule has 2 aromatic rings. The zero-order valence-electron chi connectivity index (χ0n) is 8.31. The van der Waals surface area contributed by atoms with Crippen LogP contribution in [0.5, 0.6) is 0 Å². The molecule has 0 atom stereocenters. The number of hydrogen-bond donors (Lipinski definition) is 1. The van der Waals surface area contributed by atoms with Gasteiger partial charge >= 0.3 is 0 Å². The first kappa shape index (κ1) is 10.6. The van der Waals surface area contributed by atoms with Gasteiger partial charge in [-0.2, -0.15) is 17.7 Å². The number of aromatic nitrogens is 2. The Hall–Kier alpha value is -0.930. The highest BCUT2D eigenvalue weighted by Crippen LogP contribution is 2.22. The van der Waals surface area contributed by atoms with E-state index in [1.807, 2.05) is 42.1 Å². The summed E-state index contributed by atoms with van der Waals surface area (Å²) in [5.74, 6) is 0.691. The van der Waals surface area contributed by atoms with Crippen LogP contribution in [-0.2, 0) is 5.75 Å². The van der Waals surface area contributed by atoms with Crippen molar-refractivity contribution >= 4 is 24.2 Å². The molecule has 2 nitrogen and oxygen atoms in total. The minimum atomic E-state index is 0.691. The van der Waals surface area contributed by atoms with Crippen molar-refractivity contribution in [2.24, 2.45) is 0 Å². The highest BCUT2D eigenvalue weighted by Gasteiger charge is 2.08. The summed E-state index contributed by atoms with van der Waals surface area (Å²) in [6.07, 6.45) is 1.83. The predicted octanol–water partition coefficient (Wildman–Crippen LogP) is 3.26. The summed E-state index contributed by atoms with van der Waals surface area (Å²) in [7, 11) is 0. The fourth-order valence-corrected chi connectivity index (χ4v) is 1.99. The molecule has 0 fully saturated rings. The van der Waals surface area contributed by atoms with Crippen LogP contribution in [0.2, 0.25) is 5.02 Å². The molecule has 1 aromatic carbocycles. The molecule has 0 aliphatic heterocycles. The quantitative estimate of drug-likeness (QED) is 0.796. The average Bonchev–Trinajstić information content (AvgIpc) is 2.60. The second kappa shape index (κ2) is 4.29. The third-order valence-electron chi connectivity index (χ3n) is 2.36. The Labute approximate surface area is 99.3 Å². The third-order valence-corrected chi connectivity index (χ3v) is 3.02. The maximum atomic E-state index is 6.10. The second-order valence-electron chi connectivity index (χ2n) is 3.28. The fraction of sp³-hybridized carbons (Fsp3) is 0.182. The standard InChI is InChI=1S/C11H11ClN2S/c1-8-9(7-15)6-13-14(8)11-5-3-2-4-10(11)12/h2-6,15H,7H2,1H3. The maximum absolute atomic E-state index is 6.10. The molecule has 0 aliphatic carbocycles.